The van der Waals surface area contributed by atoms with Gasteiger partial charge in [-0.15, -0.1) is 5.10 Å². The van der Waals surface area contributed by atoms with Crippen molar-refractivity contribution in [3.8, 4) is 11.7 Å². The van der Waals surface area contributed by atoms with Gasteiger partial charge in [0, 0.05) is 29.7 Å². The Balaban J connectivity index is 1.45. The van der Waals surface area contributed by atoms with Gasteiger partial charge in [-0.2, -0.15) is 0 Å². The first-order valence-electron chi connectivity index (χ1n) is 10.2. The number of anilines is 1. The molecule has 2 N–H and O–H groups in total. The Bertz CT molecular complexity index is 1150. The van der Waals surface area contributed by atoms with Crippen LogP contribution in [0.5, 0.6) is 5.75 Å². The van der Waals surface area contributed by atoms with Crippen LogP contribution in [0.3, 0.4) is 0 Å². The van der Waals surface area contributed by atoms with Crippen LogP contribution in [0.1, 0.15) is 28.7 Å². The molecule has 0 aliphatic carbocycles. The van der Waals surface area contributed by atoms with Crippen molar-refractivity contribution in [2.75, 3.05) is 25.0 Å². The lowest BCUT2D eigenvalue weighted by atomic mass is 10.1. The van der Waals surface area contributed by atoms with Crippen LogP contribution in [0.4, 0.5) is 5.82 Å². The van der Waals surface area contributed by atoms with Gasteiger partial charge < -0.3 is 20.1 Å². The van der Waals surface area contributed by atoms with E-state index in [1.807, 2.05) is 32.9 Å². The third kappa shape index (κ3) is 4.59. The summed E-state index contributed by atoms with van der Waals surface area (Å²) < 4.78 is 7.24. The molecule has 1 atom stereocenters. The molecule has 0 spiro atoms. The van der Waals surface area contributed by atoms with Crippen molar-refractivity contribution in [3.63, 3.8) is 0 Å². The van der Waals surface area contributed by atoms with Gasteiger partial charge in [-0.05, 0) is 44.5 Å². The molecule has 10 heteroatoms. The Hall–Kier alpha value is -3.79. The van der Waals surface area contributed by atoms with E-state index in [4.69, 9.17) is 4.74 Å². The van der Waals surface area contributed by atoms with E-state index in [-0.39, 0.29) is 24.7 Å². The molecule has 0 radical (unpaired) electrons. The first-order valence-corrected chi connectivity index (χ1v) is 10.2. The maximum atomic E-state index is 12.7. The molecule has 3 aromatic rings. The van der Waals surface area contributed by atoms with E-state index in [0.29, 0.717) is 18.2 Å². The second kappa shape index (κ2) is 8.75. The number of benzene rings is 1. The Morgan fingerprint density at radius 2 is 1.88 bits per heavy atom. The van der Waals surface area contributed by atoms with E-state index in [1.165, 1.54) is 9.58 Å². The Morgan fingerprint density at radius 1 is 1.12 bits per heavy atom. The monoisotopic (exact) mass is 436 g/mol. The van der Waals surface area contributed by atoms with Crippen LogP contribution in [-0.4, -0.2) is 61.3 Å². The normalized spacial score (nSPS) is 16.1. The van der Waals surface area contributed by atoms with Crippen molar-refractivity contribution in [3.05, 3.63) is 59.0 Å². The van der Waals surface area contributed by atoms with Gasteiger partial charge in [0.15, 0.2) is 5.82 Å². The first-order chi connectivity index (χ1) is 15.3. The number of carbonyl (C=O) groups excluding carboxylic acids is 2. The minimum atomic E-state index is -0.785. The standard InChI is InChI=1S/C22H24N6O4/c1-13-9-14(2)24-22(23-13)28-15(3)10-19(26-28)25-20(30)21(31)27-7-8-32-18(12-27)16-5-4-6-17(29)11-16/h4-6,9-11,18,29H,7-8,12H2,1-3H3,(H,25,26,30). The van der Waals surface area contributed by atoms with Crippen LogP contribution in [0.25, 0.3) is 5.95 Å². The van der Waals surface area contributed by atoms with Crippen LogP contribution in [0.2, 0.25) is 0 Å². The predicted molar refractivity (Wildman–Crippen MR) is 115 cm³/mol. The fourth-order valence-corrected chi connectivity index (χ4v) is 3.61. The number of carbonyl (C=O) groups is 2. The third-order valence-electron chi connectivity index (χ3n) is 5.08. The number of amides is 2. The summed E-state index contributed by atoms with van der Waals surface area (Å²) in [5.74, 6) is -0.706. The van der Waals surface area contributed by atoms with E-state index in [0.717, 1.165) is 17.0 Å². The van der Waals surface area contributed by atoms with Crippen molar-refractivity contribution in [1.82, 2.24) is 24.6 Å². The van der Waals surface area contributed by atoms with Gasteiger partial charge >= 0.3 is 11.8 Å². The maximum absolute atomic E-state index is 12.7. The molecule has 1 aliphatic heterocycles. The fourth-order valence-electron chi connectivity index (χ4n) is 3.61. The summed E-state index contributed by atoms with van der Waals surface area (Å²) >= 11 is 0. The smallest absolute Gasteiger partial charge is 0.315 e. The van der Waals surface area contributed by atoms with Crippen molar-refractivity contribution in [2.24, 2.45) is 0 Å². The largest absolute Gasteiger partial charge is 0.508 e. The number of morpholine rings is 1. The molecule has 0 bridgehead atoms. The minimum absolute atomic E-state index is 0.117. The third-order valence-corrected chi connectivity index (χ3v) is 5.08. The predicted octanol–water partition coefficient (Wildman–Crippen LogP) is 1.83. The molecule has 4 rings (SSSR count). The first kappa shape index (κ1) is 21.4. The zero-order valence-electron chi connectivity index (χ0n) is 18.1. The summed E-state index contributed by atoms with van der Waals surface area (Å²) in [4.78, 5) is 35.6. The van der Waals surface area contributed by atoms with Crippen molar-refractivity contribution in [1.29, 1.82) is 0 Å². The van der Waals surface area contributed by atoms with Gasteiger partial charge in [-0.1, -0.05) is 12.1 Å². The van der Waals surface area contributed by atoms with E-state index in [1.54, 1.807) is 24.3 Å². The van der Waals surface area contributed by atoms with Crippen LogP contribution >= 0.6 is 0 Å². The molecule has 2 aromatic heterocycles. The van der Waals surface area contributed by atoms with Crippen molar-refractivity contribution >= 4 is 17.6 Å². The Morgan fingerprint density at radius 3 is 2.59 bits per heavy atom. The highest BCUT2D eigenvalue weighted by Gasteiger charge is 2.30. The van der Waals surface area contributed by atoms with Gasteiger partial charge in [0.1, 0.15) is 11.9 Å². The number of rotatable bonds is 3. The highest BCUT2D eigenvalue weighted by atomic mass is 16.5. The number of hydrogen-bond acceptors (Lipinski definition) is 7. The molecule has 1 unspecified atom stereocenters. The van der Waals surface area contributed by atoms with E-state index in [9.17, 15) is 14.7 Å². The minimum Gasteiger partial charge on any atom is -0.508 e. The number of phenols is 1. The number of nitrogens with one attached hydrogen (secondary N) is 1. The van der Waals surface area contributed by atoms with Crippen molar-refractivity contribution in [2.45, 2.75) is 26.9 Å². The summed E-state index contributed by atoms with van der Waals surface area (Å²) in [5, 5.41) is 16.6. The van der Waals surface area contributed by atoms with Crippen LogP contribution < -0.4 is 5.32 Å². The second-order valence-corrected chi connectivity index (χ2v) is 7.69. The summed E-state index contributed by atoms with van der Waals surface area (Å²) in [6, 6.07) is 10.2. The summed E-state index contributed by atoms with van der Waals surface area (Å²) in [7, 11) is 0. The highest BCUT2D eigenvalue weighted by Crippen LogP contribution is 2.25. The van der Waals surface area contributed by atoms with Crippen LogP contribution in [0.15, 0.2) is 36.4 Å². The molecule has 10 nitrogen and oxygen atoms in total. The zero-order chi connectivity index (χ0) is 22.8. The van der Waals surface area contributed by atoms with Crippen LogP contribution in [0, 0.1) is 20.8 Å². The molecule has 3 heterocycles. The van der Waals surface area contributed by atoms with E-state index in [2.05, 4.69) is 20.4 Å². The molecular weight excluding hydrogens is 412 g/mol. The lowest BCUT2D eigenvalue weighted by molar-refractivity contribution is -0.148. The highest BCUT2D eigenvalue weighted by molar-refractivity contribution is 6.39. The number of phenolic OH excluding ortho intramolecular Hbond substituents is 1. The quantitative estimate of drug-likeness (QED) is 0.601. The van der Waals surface area contributed by atoms with Gasteiger partial charge in [-0.25, -0.2) is 14.6 Å². The number of aromatic hydroxyl groups is 1. The number of ether oxygens (including phenoxy) is 1. The maximum Gasteiger partial charge on any atom is 0.315 e. The van der Waals surface area contributed by atoms with Gasteiger partial charge in [-0.3, -0.25) is 9.59 Å². The summed E-state index contributed by atoms with van der Waals surface area (Å²) in [5.41, 5.74) is 3.06. The summed E-state index contributed by atoms with van der Waals surface area (Å²) in [6.45, 7) is 6.34. The second-order valence-electron chi connectivity index (χ2n) is 7.69. The Kier molecular flexibility index (Phi) is 5.87. The molecule has 1 aliphatic rings. The van der Waals surface area contributed by atoms with E-state index >= 15 is 0 Å². The van der Waals surface area contributed by atoms with Gasteiger partial charge in [0.2, 0.25) is 0 Å². The summed E-state index contributed by atoms with van der Waals surface area (Å²) in [6.07, 6.45) is -0.421. The molecule has 0 saturated carbocycles. The average Bonchev–Trinajstić information content (AvgIpc) is 3.12. The zero-order valence-corrected chi connectivity index (χ0v) is 18.1. The average molecular weight is 436 g/mol. The lowest BCUT2D eigenvalue weighted by Crippen LogP contribution is -2.46. The fraction of sp³-hybridized carbons (Fsp3) is 0.318. The number of hydrogen-bond donors (Lipinski definition) is 2. The molecular formula is C22H24N6O4. The SMILES string of the molecule is Cc1cc(C)nc(-n2nc(NC(=O)C(=O)N3CCOC(c4cccc(O)c4)C3)cc2C)n1. The van der Waals surface area contributed by atoms with Crippen LogP contribution in [-0.2, 0) is 14.3 Å². The molecule has 1 fully saturated rings. The Labute approximate surface area is 184 Å². The molecule has 2 amide bonds. The van der Waals surface area contributed by atoms with Gasteiger partial charge in [0.05, 0.1) is 13.2 Å². The molecule has 32 heavy (non-hydrogen) atoms. The number of aromatic nitrogens is 4. The molecule has 1 aromatic carbocycles. The van der Waals surface area contributed by atoms with E-state index < -0.39 is 17.9 Å². The van der Waals surface area contributed by atoms with Crippen molar-refractivity contribution < 1.29 is 19.4 Å². The van der Waals surface area contributed by atoms with Gasteiger partial charge in [0.25, 0.3) is 5.95 Å². The number of nitrogens with zero attached hydrogens (tertiary/aromatic N) is 5. The molecule has 1 saturated heterocycles. The lowest BCUT2D eigenvalue weighted by Gasteiger charge is -2.32. The number of aryl methyl sites for hydroxylation is 3. The molecule has 166 valence electrons. The topological polar surface area (TPSA) is 122 Å².